The van der Waals surface area contributed by atoms with E-state index in [4.69, 9.17) is 0 Å². The molecule has 0 amide bonds. The maximum Gasteiger partial charge on any atom is 0.0596 e. The molecule has 3 aliphatic heterocycles. The fourth-order valence-electron chi connectivity index (χ4n) is 3.41. The molecule has 3 heterocycles. The number of nitrogens with zero attached hydrogens (tertiary/aromatic N) is 2. The molecule has 2 atom stereocenters. The number of nitrogens with one attached hydrogen (secondary N) is 1. The van der Waals surface area contributed by atoms with Gasteiger partial charge in [0.25, 0.3) is 0 Å². The van der Waals surface area contributed by atoms with E-state index < -0.39 is 0 Å². The molecule has 0 radical (unpaired) electrons. The Kier molecular flexibility index (Phi) is 2.42. The molecule has 2 saturated heterocycles. The van der Waals surface area contributed by atoms with Crippen molar-refractivity contribution in [1.82, 2.24) is 15.3 Å². The predicted octanol–water partition coefficient (Wildman–Crippen LogP) is 1.82. The number of benzene rings is 1. The lowest BCUT2D eigenvalue weighted by Gasteiger charge is -2.41. The van der Waals surface area contributed by atoms with Gasteiger partial charge in [-0.2, -0.15) is 0 Å². The first-order chi connectivity index (χ1) is 8.88. The van der Waals surface area contributed by atoms with Crippen molar-refractivity contribution in [3.8, 4) is 0 Å². The summed E-state index contributed by atoms with van der Waals surface area (Å²) in [6.07, 6.45) is 7.17. The third-order valence-corrected chi connectivity index (χ3v) is 4.37. The molecule has 94 valence electrons. The van der Waals surface area contributed by atoms with Gasteiger partial charge in [-0.15, -0.1) is 0 Å². The Bertz CT molecular complexity index is 470. The second-order valence-corrected chi connectivity index (χ2v) is 5.62. The van der Waals surface area contributed by atoms with Gasteiger partial charge in [0.15, 0.2) is 0 Å². The largest absolute Gasteiger partial charge is 0.309 e. The molecular weight excluding hydrogens is 222 g/mol. The molecule has 1 aromatic carbocycles. The van der Waals surface area contributed by atoms with Crippen molar-refractivity contribution >= 4 is 6.08 Å². The normalized spacial score (nSPS) is 30.6. The van der Waals surface area contributed by atoms with Gasteiger partial charge < -0.3 is 10.3 Å². The highest BCUT2D eigenvalue weighted by molar-refractivity contribution is 5.55. The van der Waals surface area contributed by atoms with E-state index in [-0.39, 0.29) is 0 Å². The van der Waals surface area contributed by atoms with E-state index in [1.165, 1.54) is 24.0 Å². The summed E-state index contributed by atoms with van der Waals surface area (Å²) in [6, 6.07) is 10.1. The number of hydrazine groups is 1. The van der Waals surface area contributed by atoms with E-state index in [9.17, 15) is 0 Å². The number of hydrogen-bond donors (Lipinski definition) is 1. The molecule has 18 heavy (non-hydrogen) atoms. The highest BCUT2D eigenvalue weighted by Gasteiger charge is 2.34. The molecule has 2 fully saturated rings. The van der Waals surface area contributed by atoms with Gasteiger partial charge in [-0.3, -0.25) is 0 Å². The van der Waals surface area contributed by atoms with Crippen LogP contribution in [0.1, 0.15) is 24.0 Å². The monoisotopic (exact) mass is 241 g/mol. The Labute approximate surface area is 108 Å². The number of hydrogen-bond acceptors (Lipinski definition) is 3. The van der Waals surface area contributed by atoms with E-state index in [0.717, 1.165) is 19.6 Å². The van der Waals surface area contributed by atoms with Crippen LogP contribution in [-0.2, 0) is 6.54 Å². The zero-order valence-corrected chi connectivity index (χ0v) is 10.5. The third-order valence-electron chi connectivity index (χ3n) is 4.37. The number of piperazine rings is 1. The summed E-state index contributed by atoms with van der Waals surface area (Å²) in [5.74, 6) is 0. The van der Waals surface area contributed by atoms with Crippen LogP contribution in [-0.4, -0.2) is 35.2 Å². The first-order valence-electron chi connectivity index (χ1n) is 6.92. The summed E-state index contributed by atoms with van der Waals surface area (Å²) < 4.78 is 0. The molecular formula is C15H19N3. The Morgan fingerprint density at radius 1 is 1.06 bits per heavy atom. The molecule has 3 heteroatoms. The summed E-state index contributed by atoms with van der Waals surface area (Å²) in [5.41, 5.74) is 2.80. The van der Waals surface area contributed by atoms with E-state index >= 15 is 0 Å². The summed E-state index contributed by atoms with van der Waals surface area (Å²) in [7, 11) is 0. The van der Waals surface area contributed by atoms with Crippen molar-refractivity contribution in [3.05, 3.63) is 41.6 Å². The summed E-state index contributed by atoms with van der Waals surface area (Å²) in [5, 5.41) is 8.60. The van der Waals surface area contributed by atoms with E-state index in [1.807, 2.05) is 0 Å². The summed E-state index contributed by atoms with van der Waals surface area (Å²) >= 11 is 0. The first-order valence-corrected chi connectivity index (χ1v) is 6.92. The van der Waals surface area contributed by atoms with Crippen LogP contribution in [0, 0.1) is 0 Å². The molecule has 3 aliphatic rings. The minimum absolute atomic E-state index is 0.703. The smallest absolute Gasteiger partial charge is 0.0596 e. The van der Waals surface area contributed by atoms with Gasteiger partial charge in [0.2, 0.25) is 0 Å². The summed E-state index contributed by atoms with van der Waals surface area (Å²) in [4.78, 5) is 0. The number of rotatable bonds is 1. The minimum Gasteiger partial charge on any atom is -0.309 e. The van der Waals surface area contributed by atoms with Gasteiger partial charge in [-0.1, -0.05) is 24.3 Å². The van der Waals surface area contributed by atoms with Crippen LogP contribution < -0.4 is 5.32 Å². The fraction of sp³-hybridized carbons (Fsp3) is 0.467. The molecule has 2 unspecified atom stereocenters. The average Bonchev–Trinajstić information content (AvgIpc) is 2.77. The van der Waals surface area contributed by atoms with Crippen molar-refractivity contribution < 1.29 is 0 Å². The maximum atomic E-state index is 3.69. The van der Waals surface area contributed by atoms with Crippen LogP contribution in [0.15, 0.2) is 30.5 Å². The first kappa shape index (κ1) is 10.6. The van der Waals surface area contributed by atoms with Crippen molar-refractivity contribution in [1.29, 1.82) is 0 Å². The van der Waals surface area contributed by atoms with Gasteiger partial charge in [-0.05, 0) is 30.0 Å². The van der Waals surface area contributed by atoms with Crippen LogP contribution >= 0.6 is 0 Å². The van der Waals surface area contributed by atoms with Crippen LogP contribution in [0.5, 0.6) is 0 Å². The van der Waals surface area contributed by atoms with Gasteiger partial charge >= 0.3 is 0 Å². The number of fused-ring (bicyclic) bond motifs is 3. The molecule has 0 aromatic heterocycles. The highest BCUT2D eigenvalue weighted by Crippen LogP contribution is 2.25. The predicted molar refractivity (Wildman–Crippen MR) is 72.5 cm³/mol. The van der Waals surface area contributed by atoms with Gasteiger partial charge in [0, 0.05) is 31.4 Å². The van der Waals surface area contributed by atoms with Crippen LogP contribution in [0.3, 0.4) is 0 Å². The third kappa shape index (κ3) is 1.74. The van der Waals surface area contributed by atoms with Gasteiger partial charge in [-0.25, -0.2) is 5.01 Å². The van der Waals surface area contributed by atoms with Crippen LogP contribution in [0.2, 0.25) is 0 Å². The molecule has 0 spiro atoms. The standard InChI is InChI=1S/C15H19N3/c1-2-4-13-9-17(8-7-12(13)3-1)18-10-14-5-6-15(11-18)16-14/h1-4,7-8,14-16H,5-6,9-11H2. The molecule has 2 bridgehead atoms. The second kappa shape index (κ2) is 4.11. The lowest BCUT2D eigenvalue weighted by molar-refractivity contribution is -0.0137. The van der Waals surface area contributed by atoms with Crippen LogP contribution in [0.4, 0.5) is 0 Å². The highest BCUT2D eigenvalue weighted by atomic mass is 15.6. The minimum atomic E-state index is 0.703. The van der Waals surface area contributed by atoms with Gasteiger partial charge in [0.05, 0.1) is 6.54 Å². The lowest BCUT2D eigenvalue weighted by Crippen LogP contribution is -2.55. The van der Waals surface area contributed by atoms with Crippen molar-refractivity contribution in [2.45, 2.75) is 31.5 Å². The molecule has 4 rings (SSSR count). The Hall–Kier alpha value is -1.32. The molecule has 0 aliphatic carbocycles. The Morgan fingerprint density at radius 2 is 1.83 bits per heavy atom. The molecule has 1 aromatic rings. The quantitative estimate of drug-likeness (QED) is 0.809. The Morgan fingerprint density at radius 3 is 2.67 bits per heavy atom. The maximum absolute atomic E-state index is 3.69. The molecule has 3 nitrogen and oxygen atoms in total. The summed E-state index contributed by atoms with van der Waals surface area (Å²) in [6.45, 7) is 3.33. The van der Waals surface area contributed by atoms with Crippen LogP contribution in [0.25, 0.3) is 6.08 Å². The topological polar surface area (TPSA) is 18.5 Å². The lowest BCUT2D eigenvalue weighted by atomic mass is 10.1. The zero-order valence-electron chi connectivity index (χ0n) is 10.5. The second-order valence-electron chi connectivity index (χ2n) is 5.62. The van der Waals surface area contributed by atoms with Crippen molar-refractivity contribution in [2.75, 3.05) is 13.1 Å². The molecule has 0 saturated carbocycles. The van der Waals surface area contributed by atoms with E-state index in [0.29, 0.717) is 12.1 Å². The van der Waals surface area contributed by atoms with Crippen molar-refractivity contribution in [2.24, 2.45) is 0 Å². The average molecular weight is 241 g/mol. The van der Waals surface area contributed by atoms with Gasteiger partial charge in [0.1, 0.15) is 0 Å². The van der Waals surface area contributed by atoms with E-state index in [2.05, 4.69) is 51.9 Å². The fourth-order valence-corrected chi connectivity index (χ4v) is 3.41. The Balaban J connectivity index is 1.54. The van der Waals surface area contributed by atoms with Crippen molar-refractivity contribution in [3.63, 3.8) is 0 Å². The SMILES string of the molecule is C1=CN(N2CC3CCC(C2)N3)Cc2ccccc21. The zero-order chi connectivity index (χ0) is 11.9. The van der Waals surface area contributed by atoms with E-state index in [1.54, 1.807) is 0 Å². The molecule has 1 N–H and O–H groups in total.